The van der Waals surface area contributed by atoms with Gasteiger partial charge >= 0.3 is 5.97 Å². The summed E-state index contributed by atoms with van der Waals surface area (Å²) in [5.41, 5.74) is 4.28. The lowest BCUT2D eigenvalue weighted by Crippen LogP contribution is -2.33. The second-order valence-electron chi connectivity index (χ2n) is 7.95. The molecule has 0 spiro atoms. The van der Waals surface area contributed by atoms with Gasteiger partial charge in [-0.15, -0.1) is 0 Å². The van der Waals surface area contributed by atoms with Gasteiger partial charge in [0.1, 0.15) is 5.82 Å². The van der Waals surface area contributed by atoms with E-state index in [0.29, 0.717) is 28.9 Å². The highest BCUT2D eigenvalue weighted by atomic mass is 16.5. The van der Waals surface area contributed by atoms with E-state index in [1.807, 2.05) is 60.1 Å². The molecule has 176 valence electrons. The number of carbonyl (C=O) groups excluding carboxylic acids is 2. The van der Waals surface area contributed by atoms with Crippen LogP contribution in [0.5, 0.6) is 0 Å². The number of carbonyl (C=O) groups is 2. The molecule has 4 rings (SSSR count). The van der Waals surface area contributed by atoms with Crippen LogP contribution in [-0.2, 0) is 23.1 Å². The highest BCUT2D eigenvalue weighted by Crippen LogP contribution is 2.22. The summed E-state index contributed by atoms with van der Waals surface area (Å²) >= 11 is 0. The van der Waals surface area contributed by atoms with Gasteiger partial charge in [-0.25, -0.2) is 4.98 Å². The number of anilines is 2. The normalized spacial score (nSPS) is 10.5. The van der Waals surface area contributed by atoms with Gasteiger partial charge in [-0.05, 0) is 54.6 Å². The molecule has 0 saturated heterocycles. The van der Waals surface area contributed by atoms with E-state index in [0.717, 1.165) is 17.0 Å². The molecule has 1 amide bonds. The molecule has 8 heteroatoms. The third kappa shape index (κ3) is 5.31. The van der Waals surface area contributed by atoms with E-state index in [-0.39, 0.29) is 24.8 Å². The third-order valence-electron chi connectivity index (χ3n) is 5.77. The standard InChI is InChI=1S/C27H25N5O3/c1-31-24-13-10-20(27(34)32(15-14-26(33)35-2)22-6-4-3-5-7-22)16-23(24)30-25(31)18-29-21-11-8-19(17-28)9-12-21/h3-13,16,29H,14-15,18H2,1-2H3. The number of nitrogens with zero attached hydrogens (tertiary/aromatic N) is 4. The van der Waals surface area contributed by atoms with Crippen molar-refractivity contribution >= 4 is 34.3 Å². The number of fused-ring (bicyclic) bond motifs is 1. The molecule has 4 aromatic rings. The largest absolute Gasteiger partial charge is 0.469 e. The number of benzene rings is 3. The Bertz CT molecular complexity index is 1390. The quantitative estimate of drug-likeness (QED) is 0.389. The maximum Gasteiger partial charge on any atom is 0.307 e. The van der Waals surface area contributed by atoms with Crippen LogP contribution in [0.15, 0.2) is 72.8 Å². The van der Waals surface area contributed by atoms with Crippen LogP contribution in [-0.4, -0.2) is 35.1 Å². The lowest BCUT2D eigenvalue weighted by molar-refractivity contribution is -0.140. The molecule has 0 atom stereocenters. The number of imidazole rings is 1. The van der Waals surface area contributed by atoms with Crippen molar-refractivity contribution in [1.29, 1.82) is 5.26 Å². The van der Waals surface area contributed by atoms with Crippen LogP contribution in [0.2, 0.25) is 0 Å². The van der Waals surface area contributed by atoms with E-state index in [9.17, 15) is 9.59 Å². The lowest BCUT2D eigenvalue weighted by Gasteiger charge is -2.22. The number of para-hydroxylation sites is 1. The Hall–Kier alpha value is -4.64. The molecule has 0 aliphatic carbocycles. The summed E-state index contributed by atoms with van der Waals surface area (Å²) in [6.45, 7) is 0.686. The number of methoxy groups -OCH3 is 1. The van der Waals surface area contributed by atoms with E-state index >= 15 is 0 Å². The molecule has 0 saturated carbocycles. The Morgan fingerprint density at radius 2 is 1.83 bits per heavy atom. The minimum atomic E-state index is -0.377. The number of rotatable bonds is 8. The summed E-state index contributed by atoms with van der Waals surface area (Å²) < 4.78 is 6.73. The number of nitrogens with one attached hydrogen (secondary N) is 1. The van der Waals surface area contributed by atoms with Crippen molar-refractivity contribution in [3.8, 4) is 6.07 Å². The number of hydrogen-bond acceptors (Lipinski definition) is 6. The fraction of sp³-hybridized carbons (Fsp3) is 0.185. The average Bonchev–Trinajstić information content (AvgIpc) is 3.22. The van der Waals surface area contributed by atoms with Crippen molar-refractivity contribution in [3.63, 3.8) is 0 Å². The van der Waals surface area contributed by atoms with E-state index in [1.54, 1.807) is 29.2 Å². The van der Waals surface area contributed by atoms with E-state index in [1.165, 1.54) is 7.11 Å². The smallest absolute Gasteiger partial charge is 0.307 e. The van der Waals surface area contributed by atoms with Crippen LogP contribution < -0.4 is 10.2 Å². The van der Waals surface area contributed by atoms with Crippen LogP contribution in [0, 0.1) is 11.3 Å². The summed E-state index contributed by atoms with van der Waals surface area (Å²) in [6.07, 6.45) is 0.0914. The summed E-state index contributed by atoms with van der Waals surface area (Å²) in [4.78, 5) is 31.5. The maximum absolute atomic E-state index is 13.4. The minimum Gasteiger partial charge on any atom is -0.469 e. The highest BCUT2D eigenvalue weighted by molar-refractivity contribution is 6.07. The van der Waals surface area contributed by atoms with Crippen molar-refractivity contribution < 1.29 is 14.3 Å². The van der Waals surface area contributed by atoms with Gasteiger partial charge in [0.15, 0.2) is 0 Å². The fourth-order valence-corrected chi connectivity index (χ4v) is 3.80. The Balaban J connectivity index is 1.57. The molecule has 0 aliphatic heterocycles. The predicted molar refractivity (Wildman–Crippen MR) is 134 cm³/mol. The molecule has 35 heavy (non-hydrogen) atoms. The molecular formula is C27H25N5O3. The van der Waals surface area contributed by atoms with Crippen molar-refractivity contribution in [2.75, 3.05) is 23.9 Å². The Morgan fingerprint density at radius 1 is 1.09 bits per heavy atom. The van der Waals surface area contributed by atoms with Crippen molar-refractivity contribution in [1.82, 2.24) is 9.55 Å². The van der Waals surface area contributed by atoms with Crippen LogP contribution in [0.25, 0.3) is 11.0 Å². The number of aryl methyl sites for hydroxylation is 1. The molecule has 3 aromatic carbocycles. The van der Waals surface area contributed by atoms with Gasteiger partial charge in [-0.1, -0.05) is 18.2 Å². The Kier molecular flexibility index (Phi) is 7.07. The molecule has 1 heterocycles. The summed E-state index contributed by atoms with van der Waals surface area (Å²) in [6, 6.07) is 24.0. The number of aromatic nitrogens is 2. The van der Waals surface area contributed by atoms with E-state index in [2.05, 4.69) is 11.4 Å². The summed E-state index contributed by atoms with van der Waals surface area (Å²) in [5, 5.41) is 12.3. The molecule has 0 fully saturated rings. The van der Waals surface area contributed by atoms with Crippen molar-refractivity contribution in [2.24, 2.45) is 7.05 Å². The summed E-state index contributed by atoms with van der Waals surface area (Å²) in [5.74, 6) is 0.211. The number of esters is 1. The average molecular weight is 468 g/mol. The van der Waals surface area contributed by atoms with Gasteiger partial charge in [-0.3, -0.25) is 9.59 Å². The second-order valence-corrected chi connectivity index (χ2v) is 7.95. The molecule has 0 aliphatic rings. The third-order valence-corrected chi connectivity index (χ3v) is 5.77. The first kappa shape index (κ1) is 23.5. The zero-order valence-electron chi connectivity index (χ0n) is 19.6. The topological polar surface area (TPSA) is 100 Å². The van der Waals surface area contributed by atoms with Crippen LogP contribution in [0.3, 0.4) is 0 Å². The molecule has 8 nitrogen and oxygen atoms in total. The molecule has 0 bridgehead atoms. The summed E-state index contributed by atoms with van der Waals surface area (Å²) in [7, 11) is 3.26. The van der Waals surface area contributed by atoms with Crippen LogP contribution >= 0.6 is 0 Å². The Morgan fingerprint density at radius 3 is 2.51 bits per heavy atom. The highest BCUT2D eigenvalue weighted by Gasteiger charge is 2.20. The zero-order valence-corrected chi connectivity index (χ0v) is 19.6. The monoisotopic (exact) mass is 467 g/mol. The molecule has 0 unspecified atom stereocenters. The SMILES string of the molecule is COC(=O)CCN(C(=O)c1ccc2c(c1)nc(CNc1ccc(C#N)cc1)n2C)c1ccccc1. The predicted octanol–water partition coefficient (Wildman–Crippen LogP) is 4.27. The van der Waals surface area contributed by atoms with Gasteiger partial charge in [0.25, 0.3) is 5.91 Å². The van der Waals surface area contributed by atoms with Crippen molar-refractivity contribution in [3.05, 3.63) is 89.7 Å². The number of hydrogen-bond donors (Lipinski definition) is 1. The molecular weight excluding hydrogens is 442 g/mol. The first-order valence-electron chi connectivity index (χ1n) is 11.1. The zero-order chi connectivity index (χ0) is 24.8. The fourth-order valence-electron chi connectivity index (χ4n) is 3.80. The van der Waals surface area contributed by atoms with E-state index < -0.39 is 0 Å². The first-order chi connectivity index (χ1) is 17.0. The number of nitriles is 1. The minimum absolute atomic E-state index is 0.0914. The van der Waals surface area contributed by atoms with Crippen LogP contribution in [0.4, 0.5) is 11.4 Å². The van der Waals surface area contributed by atoms with Gasteiger partial charge in [0.2, 0.25) is 0 Å². The van der Waals surface area contributed by atoms with E-state index in [4.69, 9.17) is 15.0 Å². The van der Waals surface area contributed by atoms with Gasteiger partial charge in [0, 0.05) is 30.5 Å². The molecule has 1 aromatic heterocycles. The van der Waals surface area contributed by atoms with Gasteiger partial charge in [0.05, 0.1) is 42.7 Å². The van der Waals surface area contributed by atoms with Crippen molar-refractivity contribution in [2.45, 2.75) is 13.0 Å². The Labute approximate surface area is 203 Å². The number of ether oxygens (including phenoxy) is 1. The lowest BCUT2D eigenvalue weighted by atomic mass is 10.1. The first-order valence-corrected chi connectivity index (χ1v) is 11.1. The van der Waals surface area contributed by atoms with Crippen LogP contribution in [0.1, 0.15) is 28.2 Å². The second kappa shape index (κ2) is 10.5. The molecule has 0 radical (unpaired) electrons. The molecule has 1 N–H and O–H groups in total. The van der Waals surface area contributed by atoms with Gasteiger partial charge in [-0.2, -0.15) is 5.26 Å². The van der Waals surface area contributed by atoms with Gasteiger partial charge < -0.3 is 19.5 Å². The maximum atomic E-state index is 13.4. The number of amides is 1.